The van der Waals surface area contributed by atoms with E-state index in [1.807, 2.05) is 18.2 Å². The molecule has 1 aromatic carbocycles. The van der Waals surface area contributed by atoms with Gasteiger partial charge in [-0.15, -0.1) is 0 Å². The first-order valence-electron chi connectivity index (χ1n) is 5.35. The van der Waals surface area contributed by atoms with Crippen molar-refractivity contribution in [2.45, 2.75) is 26.2 Å². The molecule has 0 bridgehead atoms. The van der Waals surface area contributed by atoms with Crippen molar-refractivity contribution in [1.82, 2.24) is 5.32 Å². The largest absolute Gasteiger partial charge is 0.496 e. The molecular formula is C12H21NOSi. The predicted molar refractivity (Wildman–Crippen MR) is 68.0 cm³/mol. The molecular weight excluding hydrogens is 202 g/mol. The zero-order valence-corrected chi connectivity index (χ0v) is 11.1. The fraction of sp³-hybridized carbons (Fsp3) is 0.500. The number of rotatable bonds is 5. The van der Waals surface area contributed by atoms with Crippen LogP contribution >= 0.6 is 0 Å². The fourth-order valence-corrected chi connectivity index (χ4v) is 2.30. The van der Waals surface area contributed by atoms with E-state index in [0.29, 0.717) is 0 Å². The number of ether oxygens (including phenoxy) is 1. The minimum atomic E-state index is -0.991. The van der Waals surface area contributed by atoms with Gasteiger partial charge in [-0.1, -0.05) is 37.8 Å². The highest BCUT2D eigenvalue weighted by atomic mass is 28.3. The van der Waals surface area contributed by atoms with Crippen LogP contribution in [-0.4, -0.2) is 21.4 Å². The summed E-state index contributed by atoms with van der Waals surface area (Å²) in [5, 5.41) is 3.50. The van der Waals surface area contributed by atoms with Gasteiger partial charge in [0.05, 0.1) is 15.2 Å². The molecule has 0 saturated heterocycles. The molecule has 1 aromatic rings. The summed E-state index contributed by atoms with van der Waals surface area (Å²) < 4.78 is 5.30. The number of hydrogen-bond acceptors (Lipinski definition) is 2. The Morgan fingerprint density at radius 3 is 2.47 bits per heavy atom. The summed E-state index contributed by atoms with van der Waals surface area (Å²) in [5.41, 5.74) is 1.23. The maximum atomic E-state index is 5.30. The van der Waals surface area contributed by atoms with Crippen molar-refractivity contribution in [2.24, 2.45) is 0 Å². The minimum Gasteiger partial charge on any atom is -0.496 e. The average Bonchev–Trinajstić information content (AvgIpc) is 2.16. The molecule has 0 atom stereocenters. The quantitative estimate of drug-likeness (QED) is 0.775. The first-order valence-corrected chi connectivity index (χ1v) is 9.06. The molecule has 0 aromatic heterocycles. The highest BCUT2D eigenvalue weighted by Gasteiger charge is 2.12. The van der Waals surface area contributed by atoms with E-state index in [2.05, 4.69) is 31.0 Å². The lowest BCUT2D eigenvalue weighted by molar-refractivity contribution is 0.408. The third-order valence-electron chi connectivity index (χ3n) is 2.16. The molecule has 1 N–H and O–H groups in total. The number of benzene rings is 1. The van der Waals surface area contributed by atoms with Crippen LogP contribution in [0.15, 0.2) is 24.3 Å². The normalized spacial score (nSPS) is 11.5. The summed E-state index contributed by atoms with van der Waals surface area (Å²) in [7, 11) is 0.729. The van der Waals surface area contributed by atoms with Gasteiger partial charge in [0.2, 0.25) is 0 Å². The van der Waals surface area contributed by atoms with E-state index in [1.54, 1.807) is 7.11 Å². The summed E-state index contributed by atoms with van der Waals surface area (Å²) in [6, 6.07) is 8.16. The van der Waals surface area contributed by atoms with Crippen molar-refractivity contribution in [1.29, 1.82) is 0 Å². The average molecular weight is 223 g/mol. The molecule has 0 radical (unpaired) electrons. The summed E-state index contributed by atoms with van der Waals surface area (Å²) in [6.45, 7) is 7.99. The Hall–Kier alpha value is -0.803. The SMILES string of the molecule is COc1ccccc1CNC[Si](C)(C)C. The van der Waals surface area contributed by atoms with Crippen LogP contribution in [0.3, 0.4) is 0 Å². The molecule has 0 aliphatic carbocycles. The summed E-state index contributed by atoms with van der Waals surface area (Å²) in [4.78, 5) is 0. The molecule has 0 heterocycles. The van der Waals surface area contributed by atoms with E-state index < -0.39 is 8.07 Å². The molecule has 0 fully saturated rings. The van der Waals surface area contributed by atoms with E-state index in [1.165, 1.54) is 5.56 Å². The van der Waals surface area contributed by atoms with Crippen molar-refractivity contribution in [2.75, 3.05) is 13.3 Å². The van der Waals surface area contributed by atoms with E-state index in [4.69, 9.17) is 4.74 Å². The third kappa shape index (κ3) is 4.49. The number of para-hydroxylation sites is 1. The van der Waals surface area contributed by atoms with Gasteiger partial charge in [-0.2, -0.15) is 0 Å². The monoisotopic (exact) mass is 223 g/mol. The van der Waals surface area contributed by atoms with Crippen molar-refractivity contribution >= 4 is 8.07 Å². The highest BCUT2D eigenvalue weighted by molar-refractivity contribution is 6.76. The van der Waals surface area contributed by atoms with Gasteiger partial charge in [0.15, 0.2) is 0 Å². The van der Waals surface area contributed by atoms with Gasteiger partial charge in [0.25, 0.3) is 0 Å². The smallest absolute Gasteiger partial charge is 0.123 e. The standard InChI is InChI=1S/C12H21NOSi/c1-14-12-8-6-5-7-11(12)9-13-10-15(2,3)4/h5-8,13H,9-10H2,1-4H3. The zero-order chi connectivity index (χ0) is 11.3. The van der Waals surface area contributed by atoms with Crippen molar-refractivity contribution in [3.8, 4) is 5.75 Å². The van der Waals surface area contributed by atoms with Gasteiger partial charge in [-0.05, 0) is 12.2 Å². The maximum absolute atomic E-state index is 5.30. The van der Waals surface area contributed by atoms with Crippen molar-refractivity contribution < 1.29 is 4.74 Å². The summed E-state index contributed by atoms with van der Waals surface area (Å²) >= 11 is 0. The van der Waals surface area contributed by atoms with E-state index in [-0.39, 0.29) is 0 Å². The molecule has 3 heteroatoms. The molecule has 15 heavy (non-hydrogen) atoms. The molecule has 84 valence electrons. The molecule has 2 nitrogen and oxygen atoms in total. The Labute approximate surface area is 93.7 Å². The molecule has 0 unspecified atom stereocenters. The summed E-state index contributed by atoms with van der Waals surface area (Å²) in [5.74, 6) is 0.973. The molecule has 0 aliphatic rings. The van der Waals surface area contributed by atoms with Gasteiger partial charge >= 0.3 is 0 Å². The second-order valence-corrected chi connectivity index (χ2v) is 10.5. The Morgan fingerprint density at radius 2 is 1.87 bits per heavy atom. The second kappa shape index (κ2) is 5.33. The first kappa shape index (κ1) is 12.3. The van der Waals surface area contributed by atoms with E-state index in [9.17, 15) is 0 Å². The Balaban J connectivity index is 2.50. The lowest BCUT2D eigenvalue weighted by Crippen LogP contribution is -2.36. The molecule has 0 saturated carbocycles. The topological polar surface area (TPSA) is 21.3 Å². The van der Waals surface area contributed by atoms with Crippen LogP contribution in [0, 0.1) is 0 Å². The van der Waals surface area contributed by atoms with Gasteiger partial charge in [-0.3, -0.25) is 0 Å². The lowest BCUT2D eigenvalue weighted by Gasteiger charge is -2.17. The van der Waals surface area contributed by atoms with Crippen LogP contribution in [0.1, 0.15) is 5.56 Å². The van der Waals surface area contributed by atoms with Crippen LogP contribution < -0.4 is 10.1 Å². The Morgan fingerprint density at radius 1 is 1.20 bits per heavy atom. The maximum Gasteiger partial charge on any atom is 0.123 e. The van der Waals surface area contributed by atoms with Crippen LogP contribution in [-0.2, 0) is 6.54 Å². The minimum absolute atomic E-state index is 0.897. The van der Waals surface area contributed by atoms with Crippen LogP contribution in [0.2, 0.25) is 19.6 Å². The van der Waals surface area contributed by atoms with Gasteiger partial charge in [0, 0.05) is 12.1 Å². The lowest BCUT2D eigenvalue weighted by atomic mass is 10.2. The second-order valence-electron chi connectivity index (χ2n) is 4.98. The van der Waals surface area contributed by atoms with Crippen LogP contribution in [0.25, 0.3) is 0 Å². The number of methoxy groups -OCH3 is 1. The molecule has 1 rings (SSSR count). The molecule has 0 aliphatic heterocycles. The summed E-state index contributed by atoms with van der Waals surface area (Å²) in [6.07, 6.45) is 1.14. The fourth-order valence-electron chi connectivity index (χ4n) is 1.42. The number of hydrogen-bond donors (Lipinski definition) is 1. The van der Waals surface area contributed by atoms with Gasteiger partial charge in [-0.25, -0.2) is 0 Å². The van der Waals surface area contributed by atoms with Gasteiger partial charge in [0.1, 0.15) is 5.75 Å². The van der Waals surface area contributed by atoms with E-state index in [0.717, 1.165) is 18.5 Å². The Kier molecular flexibility index (Phi) is 4.36. The van der Waals surface area contributed by atoms with E-state index >= 15 is 0 Å². The van der Waals surface area contributed by atoms with Crippen molar-refractivity contribution in [3.63, 3.8) is 0 Å². The number of nitrogens with one attached hydrogen (secondary N) is 1. The van der Waals surface area contributed by atoms with Crippen molar-refractivity contribution in [3.05, 3.63) is 29.8 Å². The first-order chi connectivity index (χ1) is 7.03. The molecule has 0 spiro atoms. The third-order valence-corrected chi connectivity index (χ3v) is 3.47. The Bertz CT molecular complexity index is 307. The highest BCUT2D eigenvalue weighted by Crippen LogP contribution is 2.16. The van der Waals surface area contributed by atoms with Gasteiger partial charge < -0.3 is 10.1 Å². The zero-order valence-electron chi connectivity index (χ0n) is 10.1. The van der Waals surface area contributed by atoms with Crippen LogP contribution in [0.4, 0.5) is 0 Å². The predicted octanol–water partition coefficient (Wildman–Crippen LogP) is 2.66. The molecule has 0 amide bonds. The van der Waals surface area contributed by atoms with Crippen LogP contribution in [0.5, 0.6) is 5.75 Å².